The van der Waals surface area contributed by atoms with Gasteiger partial charge in [0.25, 0.3) is 0 Å². The van der Waals surface area contributed by atoms with Gasteiger partial charge in [-0.15, -0.1) is 0 Å². The Morgan fingerprint density at radius 1 is 1.32 bits per heavy atom. The van der Waals surface area contributed by atoms with Gasteiger partial charge in [-0.3, -0.25) is 9.59 Å². The molecule has 5 heteroatoms. The zero-order chi connectivity index (χ0) is 16.3. The Hall–Kier alpha value is -1.88. The van der Waals surface area contributed by atoms with Crippen molar-refractivity contribution in [2.24, 2.45) is 11.1 Å². The Labute approximate surface area is 131 Å². The van der Waals surface area contributed by atoms with Crippen molar-refractivity contribution >= 4 is 17.5 Å². The minimum absolute atomic E-state index is 0.147. The molecule has 0 bridgehead atoms. The van der Waals surface area contributed by atoms with Crippen LogP contribution in [0.3, 0.4) is 0 Å². The largest absolute Gasteiger partial charge is 0.351 e. The number of carbonyl (C=O) groups excluding carboxylic acids is 2. The van der Waals surface area contributed by atoms with E-state index in [0.717, 1.165) is 24.2 Å². The first kappa shape index (κ1) is 16.5. The number of benzene rings is 1. The zero-order valence-corrected chi connectivity index (χ0v) is 13.6. The second kappa shape index (κ2) is 6.48. The maximum absolute atomic E-state index is 12.0. The average Bonchev–Trinajstić information content (AvgIpc) is 2.89. The monoisotopic (exact) mass is 303 g/mol. The molecule has 0 radical (unpaired) electrons. The van der Waals surface area contributed by atoms with Crippen molar-refractivity contribution in [1.29, 1.82) is 0 Å². The summed E-state index contributed by atoms with van der Waals surface area (Å²) in [4.78, 5) is 25.5. The molecule has 2 amide bonds. The third kappa shape index (κ3) is 3.85. The lowest BCUT2D eigenvalue weighted by atomic mass is 9.87. The average molecular weight is 303 g/mol. The van der Waals surface area contributed by atoms with E-state index < -0.39 is 6.04 Å². The van der Waals surface area contributed by atoms with Crippen LogP contribution >= 0.6 is 0 Å². The molecule has 0 unspecified atom stereocenters. The van der Waals surface area contributed by atoms with Crippen molar-refractivity contribution in [3.63, 3.8) is 0 Å². The molecule has 1 aliphatic rings. The van der Waals surface area contributed by atoms with E-state index in [-0.39, 0.29) is 17.2 Å². The normalized spacial score (nSPS) is 16.7. The third-order valence-corrected chi connectivity index (χ3v) is 4.00. The summed E-state index contributed by atoms with van der Waals surface area (Å²) in [5.41, 5.74) is 7.58. The van der Waals surface area contributed by atoms with E-state index in [1.807, 2.05) is 45.0 Å². The Balaban J connectivity index is 1.92. The Morgan fingerprint density at radius 3 is 2.45 bits per heavy atom. The van der Waals surface area contributed by atoms with Gasteiger partial charge in [0.05, 0.1) is 6.04 Å². The molecule has 1 aromatic rings. The second-order valence-electron chi connectivity index (χ2n) is 6.88. The van der Waals surface area contributed by atoms with Crippen molar-refractivity contribution in [2.75, 3.05) is 11.4 Å². The predicted molar refractivity (Wildman–Crippen MR) is 87.3 cm³/mol. The quantitative estimate of drug-likeness (QED) is 0.890. The second-order valence-corrected chi connectivity index (χ2v) is 6.88. The van der Waals surface area contributed by atoms with Gasteiger partial charge in [0, 0.05) is 25.2 Å². The van der Waals surface area contributed by atoms with E-state index in [1.54, 1.807) is 4.90 Å². The van der Waals surface area contributed by atoms with Gasteiger partial charge in [-0.2, -0.15) is 0 Å². The molecule has 22 heavy (non-hydrogen) atoms. The van der Waals surface area contributed by atoms with Gasteiger partial charge in [-0.05, 0) is 29.5 Å². The van der Waals surface area contributed by atoms with Gasteiger partial charge in [-0.25, -0.2) is 0 Å². The van der Waals surface area contributed by atoms with Gasteiger partial charge in [-0.1, -0.05) is 32.9 Å². The number of carbonyl (C=O) groups is 2. The molecule has 1 aromatic carbocycles. The summed E-state index contributed by atoms with van der Waals surface area (Å²) < 4.78 is 0. The van der Waals surface area contributed by atoms with Crippen LogP contribution < -0.4 is 16.0 Å². The molecule has 3 N–H and O–H groups in total. The maximum atomic E-state index is 12.0. The number of hydrogen-bond donors (Lipinski definition) is 2. The van der Waals surface area contributed by atoms with E-state index in [9.17, 15) is 9.59 Å². The van der Waals surface area contributed by atoms with Crippen LogP contribution in [-0.4, -0.2) is 24.4 Å². The SMILES string of the molecule is CC(C)(C)[C@H](N)C(=O)NCc1ccc(N2CCCC2=O)cc1. The van der Waals surface area contributed by atoms with Gasteiger partial charge in [0.2, 0.25) is 11.8 Å². The molecule has 0 spiro atoms. The van der Waals surface area contributed by atoms with Crippen molar-refractivity contribution in [1.82, 2.24) is 5.32 Å². The first-order chi connectivity index (χ1) is 10.3. The molecule has 5 nitrogen and oxygen atoms in total. The minimum Gasteiger partial charge on any atom is -0.351 e. The summed E-state index contributed by atoms with van der Waals surface area (Å²) in [5, 5.41) is 2.86. The Bertz CT molecular complexity index is 546. The number of nitrogens with zero attached hydrogens (tertiary/aromatic N) is 1. The van der Waals surface area contributed by atoms with E-state index in [4.69, 9.17) is 5.73 Å². The number of anilines is 1. The smallest absolute Gasteiger partial charge is 0.237 e. The lowest BCUT2D eigenvalue weighted by molar-refractivity contribution is -0.124. The van der Waals surface area contributed by atoms with Crippen LogP contribution in [0.1, 0.15) is 39.2 Å². The third-order valence-electron chi connectivity index (χ3n) is 4.00. The number of hydrogen-bond acceptors (Lipinski definition) is 3. The molecular weight excluding hydrogens is 278 g/mol. The molecule has 1 saturated heterocycles. The highest BCUT2D eigenvalue weighted by Gasteiger charge is 2.27. The van der Waals surface area contributed by atoms with Crippen LogP contribution in [0.15, 0.2) is 24.3 Å². The summed E-state index contributed by atoms with van der Waals surface area (Å²) in [6.45, 7) is 7.06. The molecule has 2 rings (SSSR count). The van der Waals surface area contributed by atoms with Crippen molar-refractivity contribution < 1.29 is 9.59 Å². The number of nitrogens with one attached hydrogen (secondary N) is 1. The molecule has 0 aromatic heterocycles. The van der Waals surface area contributed by atoms with E-state index in [2.05, 4.69) is 5.32 Å². The van der Waals surface area contributed by atoms with Crippen LogP contribution in [0.25, 0.3) is 0 Å². The lowest BCUT2D eigenvalue weighted by Crippen LogP contribution is -2.48. The Morgan fingerprint density at radius 2 is 1.95 bits per heavy atom. The molecule has 1 aliphatic heterocycles. The molecule has 120 valence electrons. The van der Waals surface area contributed by atoms with Crippen LogP contribution in [-0.2, 0) is 16.1 Å². The molecule has 1 fully saturated rings. The molecule has 1 atom stereocenters. The topological polar surface area (TPSA) is 75.4 Å². The predicted octanol–water partition coefficient (Wildman–Crippen LogP) is 1.80. The summed E-state index contributed by atoms with van der Waals surface area (Å²) in [6, 6.07) is 7.19. The summed E-state index contributed by atoms with van der Waals surface area (Å²) in [5.74, 6) is 0.0310. The molecule has 1 heterocycles. The first-order valence-corrected chi connectivity index (χ1v) is 7.71. The van der Waals surface area contributed by atoms with Gasteiger partial charge in [0.15, 0.2) is 0 Å². The summed E-state index contributed by atoms with van der Waals surface area (Å²) in [6.07, 6.45) is 1.55. The van der Waals surface area contributed by atoms with E-state index in [0.29, 0.717) is 13.0 Å². The fourth-order valence-corrected chi connectivity index (χ4v) is 2.41. The fraction of sp³-hybridized carbons (Fsp3) is 0.529. The molecule has 0 aliphatic carbocycles. The first-order valence-electron chi connectivity index (χ1n) is 7.71. The van der Waals surface area contributed by atoms with Crippen LogP contribution in [0.5, 0.6) is 0 Å². The Kier molecular flexibility index (Phi) is 4.86. The van der Waals surface area contributed by atoms with Gasteiger partial charge in [0.1, 0.15) is 0 Å². The molecule has 0 saturated carbocycles. The van der Waals surface area contributed by atoms with E-state index in [1.165, 1.54) is 0 Å². The lowest BCUT2D eigenvalue weighted by Gasteiger charge is -2.25. The van der Waals surface area contributed by atoms with Crippen LogP contribution in [0.2, 0.25) is 0 Å². The highest BCUT2D eigenvalue weighted by Crippen LogP contribution is 2.21. The minimum atomic E-state index is -0.533. The van der Waals surface area contributed by atoms with E-state index >= 15 is 0 Å². The van der Waals surface area contributed by atoms with Gasteiger partial charge < -0.3 is 16.0 Å². The highest BCUT2D eigenvalue weighted by atomic mass is 16.2. The molecular formula is C17H25N3O2. The van der Waals surface area contributed by atoms with Crippen LogP contribution in [0, 0.1) is 5.41 Å². The zero-order valence-electron chi connectivity index (χ0n) is 13.6. The number of nitrogens with two attached hydrogens (primary N) is 1. The maximum Gasteiger partial charge on any atom is 0.237 e. The van der Waals surface area contributed by atoms with Crippen molar-refractivity contribution in [3.05, 3.63) is 29.8 Å². The summed E-state index contributed by atoms with van der Waals surface area (Å²) >= 11 is 0. The fourth-order valence-electron chi connectivity index (χ4n) is 2.41. The van der Waals surface area contributed by atoms with Crippen LogP contribution in [0.4, 0.5) is 5.69 Å². The number of amides is 2. The summed E-state index contributed by atoms with van der Waals surface area (Å²) in [7, 11) is 0. The van der Waals surface area contributed by atoms with Crippen molar-refractivity contribution in [2.45, 2.75) is 46.2 Å². The van der Waals surface area contributed by atoms with Gasteiger partial charge >= 0.3 is 0 Å². The number of rotatable bonds is 4. The standard InChI is InChI=1S/C17H25N3O2/c1-17(2,3)15(18)16(22)19-11-12-6-8-13(9-7-12)20-10-4-5-14(20)21/h6-9,15H,4-5,10-11,18H2,1-3H3,(H,19,22)/t15-/m1/s1. The van der Waals surface area contributed by atoms with Crippen molar-refractivity contribution in [3.8, 4) is 0 Å². The highest BCUT2D eigenvalue weighted by molar-refractivity contribution is 5.95.